The lowest BCUT2D eigenvalue weighted by atomic mass is 10.1. The molecule has 2 heterocycles. The fourth-order valence-corrected chi connectivity index (χ4v) is 3.98. The molecule has 1 aliphatic heterocycles. The predicted molar refractivity (Wildman–Crippen MR) is 72.0 cm³/mol. The van der Waals surface area contributed by atoms with E-state index < -0.39 is 28.4 Å². The summed E-state index contributed by atoms with van der Waals surface area (Å²) in [5, 5.41) is 12.6. The Labute approximate surface area is 118 Å². The van der Waals surface area contributed by atoms with Crippen LogP contribution in [0.25, 0.3) is 0 Å². The van der Waals surface area contributed by atoms with Crippen molar-refractivity contribution in [2.75, 3.05) is 11.5 Å². The highest BCUT2D eigenvalue weighted by Gasteiger charge is 2.26. The summed E-state index contributed by atoms with van der Waals surface area (Å²) in [6.07, 6.45) is 3.27. The molecule has 0 aromatic carbocycles. The van der Waals surface area contributed by atoms with E-state index in [-0.39, 0.29) is 17.5 Å². The second-order valence-electron chi connectivity index (χ2n) is 5.15. The van der Waals surface area contributed by atoms with Crippen LogP contribution in [0.2, 0.25) is 0 Å². The van der Waals surface area contributed by atoms with E-state index in [0.717, 1.165) is 19.3 Å². The lowest BCUT2D eigenvalue weighted by Gasteiger charge is -2.16. The number of fused-ring (bicyclic) bond motifs is 1. The molecule has 7 nitrogen and oxygen atoms in total. The maximum absolute atomic E-state index is 12.1. The van der Waals surface area contributed by atoms with Crippen molar-refractivity contribution < 1.29 is 18.6 Å². The number of hydrogen-bond acceptors (Lipinski definition) is 5. The Morgan fingerprint density at radius 2 is 2.35 bits per heavy atom. The molecule has 0 aliphatic carbocycles. The molecule has 0 bridgehead atoms. The zero-order valence-electron chi connectivity index (χ0n) is 11.3. The van der Waals surface area contributed by atoms with Gasteiger partial charge >= 0.3 is 11.7 Å². The highest BCUT2D eigenvalue weighted by Crippen LogP contribution is 2.22. The number of carboxylic acids is 1. The topological polar surface area (TPSA) is 102 Å². The first-order chi connectivity index (χ1) is 9.49. The number of nitrogens with zero attached hydrogens (tertiary/aromatic N) is 2. The summed E-state index contributed by atoms with van der Waals surface area (Å²) in [5.41, 5.74) is 0. The number of hydrogen-bond donors (Lipinski definition) is 1. The van der Waals surface area contributed by atoms with Crippen molar-refractivity contribution in [2.24, 2.45) is 5.92 Å². The number of aromatic nitrogens is 2. The summed E-state index contributed by atoms with van der Waals surface area (Å²) in [7, 11) is -1.29. The predicted octanol–water partition coefficient (Wildman–Crippen LogP) is 0.573. The third-order valence-electron chi connectivity index (χ3n) is 3.49. The number of carbonyl (C=O) groups is 1. The van der Waals surface area contributed by atoms with E-state index in [9.17, 15) is 13.8 Å². The van der Waals surface area contributed by atoms with Gasteiger partial charge < -0.3 is 5.11 Å². The molecule has 0 fully saturated rings. The lowest BCUT2D eigenvalue weighted by molar-refractivity contribution is -0.140. The molecule has 0 saturated heterocycles. The Bertz CT molecular complexity index is 564. The molecule has 2 rings (SSSR count). The van der Waals surface area contributed by atoms with Crippen LogP contribution in [0.3, 0.4) is 0 Å². The quantitative estimate of drug-likeness (QED) is 0.853. The van der Waals surface area contributed by atoms with E-state index in [1.54, 1.807) is 0 Å². The fourth-order valence-electron chi connectivity index (χ4n) is 2.39. The van der Waals surface area contributed by atoms with Crippen LogP contribution in [0.4, 0.5) is 0 Å². The van der Waals surface area contributed by atoms with Crippen molar-refractivity contribution in [3.05, 3.63) is 16.4 Å². The van der Waals surface area contributed by atoms with Crippen molar-refractivity contribution in [1.29, 1.82) is 0 Å². The molecule has 0 spiro atoms. The zero-order chi connectivity index (χ0) is 14.7. The van der Waals surface area contributed by atoms with Gasteiger partial charge in [0.1, 0.15) is 0 Å². The van der Waals surface area contributed by atoms with Crippen molar-refractivity contribution in [3.8, 4) is 0 Å². The fraction of sp³-hybridized carbons (Fsp3) is 0.750. The second-order valence-corrected chi connectivity index (χ2v) is 6.69. The molecule has 8 heteroatoms. The number of aliphatic carboxylic acids is 1. The van der Waals surface area contributed by atoms with Gasteiger partial charge in [0, 0.05) is 28.7 Å². The summed E-state index contributed by atoms with van der Waals surface area (Å²) < 4.78 is 18.2. The van der Waals surface area contributed by atoms with Gasteiger partial charge in [-0.1, -0.05) is 18.5 Å². The van der Waals surface area contributed by atoms with Gasteiger partial charge in [0.25, 0.3) is 0 Å². The molecule has 1 N–H and O–H groups in total. The van der Waals surface area contributed by atoms with Gasteiger partial charge in [0.05, 0.1) is 12.0 Å². The monoisotopic (exact) mass is 302 g/mol. The van der Waals surface area contributed by atoms with Gasteiger partial charge in [0.2, 0.25) is 0 Å². The van der Waals surface area contributed by atoms with Crippen LogP contribution in [-0.4, -0.2) is 36.5 Å². The van der Waals surface area contributed by atoms with Crippen LogP contribution in [0.15, 0.2) is 9.32 Å². The van der Waals surface area contributed by atoms with E-state index in [2.05, 4.69) is 9.68 Å². The lowest BCUT2D eigenvalue weighted by Crippen LogP contribution is -2.28. The molecule has 0 saturated carbocycles. The maximum atomic E-state index is 12.1. The number of aryl methyl sites for hydroxylation is 1. The summed E-state index contributed by atoms with van der Waals surface area (Å²) in [4.78, 5) is 22.5. The Morgan fingerprint density at radius 1 is 1.60 bits per heavy atom. The van der Waals surface area contributed by atoms with Gasteiger partial charge in [-0.25, -0.2) is 4.79 Å². The summed E-state index contributed by atoms with van der Waals surface area (Å²) in [6, 6.07) is -0.215. The van der Waals surface area contributed by atoms with Crippen LogP contribution in [0.5, 0.6) is 0 Å². The van der Waals surface area contributed by atoms with Crippen LogP contribution in [0.1, 0.15) is 38.1 Å². The summed E-state index contributed by atoms with van der Waals surface area (Å²) in [6.45, 7) is 1.53. The largest absolute Gasteiger partial charge is 0.481 e. The third kappa shape index (κ3) is 3.36. The normalized spacial score (nSPS) is 21.8. The Balaban J connectivity index is 2.09. The van der Waals surface area contributed by atoms with Crippen LogP contribution < -0.4 is 5.76 Å². The van der Waals surface area contributed by atoms with Gasteiger partial charge in [-0.3, -0.25) is 18.1 Å². The standard InChI is InChI=1S/C12H18N2O5S/c1-8(11(15)16)6-20(18)7-9-4-2-3-5-10-13-19-12(17)14(9)10/h8-9H,2-7H2,1H3,(H,15,16)/t8-,9?,20?/m0/s1. The van der Waals surface area contributed by atoms with Crippen molar-refractivity contribution in [2.45, 2.75) is 38.6 Å². The average molecular weight is 302 g/mol. The third-order valence-corrected chi connectivity index (χ3v) is 5.12. The molecular formula is C12H18N2O5S. The molecule has 1 aromatic heterocycles. The SMILES string of the molecule is C[C@@H](CS(=O)CC1CCCCc2noc(=O)n21)C(=O)O. The van der Waals surface area contributed by atoms with E-state index >= 15 is 0 Å². The van der Waals surface area contributed by atoms with Gasteiger partial charge in [-0.2, -0.15) is 0 Å². The highest BCUT2D eigenvalue weighted by atomic mass is 32.2. The first-order valence-electron chi connectivity index (χ1n) is 6.64. The minimum Gasteiger partial charge on any atom is -0.481 e. The number of carboxylic acid groups (broad SMARTS) is 1. The van der Waals surface area contributed by atoms with Crippen LogP contribution in [0, 0.1) is 5.92 Å². The molecule has 2 unspecified atom stereocenters. The van der Waals surface area contributed by atoms with Crippen molar-refractivity contribution in [1.82, 2.24) is 9.72 Å². The van der Waals surface area contributed by atoms with Crippen LogP contribution >= 0.6 is 0 Å². The minimum atomic E-state index is -1.29. The average Bonchev–Trinajstić information content (AvgIpc) is 2.62. The zero-order valence-corrected chi connectivity index (χ0v) is 12.1. The van der Waals surface area contributed by atoms with E-state index in [4.69, 9.17) is 5.11 Å². The maximum Gasteiger partial charge on any atom is 0.441 e. The second kappa shape index (κ2) is 6.34. The molecular weight excluding hydrogens is 284 g/mol. The van der Waals surface area contributed by atoms with E-state index in [1.807, 2.05) is 0 Å². The van der Waals surface area contributed by atoms with Crippen LogP contribution in [-0.2, 0) is 22.0 Å². The van der Waals surface area contributed by atoms with Crippen molar-refractivity contribution >= 4 is 16.8 Å². The Kier molecular flexibility index (Phi) is 4.74. The summed E-state index contributed by atoms with van der Waals surface area (Å²) >= 11 is 0. The molecule has 0 amide bonds. The minimum absolute atomic E-state index is 0.0984. The Morgan fingerprint density at radius 3 is 3.05 bits per heavy atom. The van der Waals surface area contributed by atoms with E-state index in [1.165, 1.54) is 11.5 Å². The smallest absolute Gasteiger partial charge is 0.441 e. The molecule has 1 aromatic rings. The van der Waals surface area contributed by atoms with Gasteiger partial charge in [0.15, 0.2) is 5.82 Å². The van der Waals surface area contributed by atoms with E-state index in [0.29, 0.717) is 12.2 Å². The molecule has 1 aliphatic rings. The van der Waals surface area contributed by atoms with Crippen molar-refractivity contribution in [3.63, 3.8) is 0 Å². The first-order valence-corrected chi connectivity index (χ1v) is 8.12. The molecule has 112 valence electrons. The number of rotatable bonds is 5. The molecule has 0 radical (unpaired) electrons. The highest BCUT2D eigenvalue weighted by molar-refractivity contribution is 7.85. The van der Waals surface area contributed by atoms with Gasteiger partial charge in [-0.15, -0.1) is 0 Å². The summed E-state index contributed by atoms with van der Waals surface area (Å²) in [5.74, 6) is -1.16. The first kappa shape index (κ1) is 15.0. The van der Waals surface area contributed by atoms with Gasteiger partial charge in [-0.05, 0) is 12.8 Å². The Hall–Kier alpha value is -1.44. The molecule has 3 atom stereocenters. The molecule has 20 heavy (non-hydrogen) atoms.